The quantitative estimate of drug-likeness (QED) is 0.744. The maximum atomic E-state index is 12.5. The Balaban J connectivity index is 1.56. The highest BCUT2D eigenvalue weighted by Gasteiger charge is 2.32. The number of methoxy groups -OCH3 is 1. The van der Waals surface area contributed by atoms with Crippen molar-refractivity contribution < 1.29 is 14.3 Å². The molecular weight excluding hydrogens is 310 g/mol. The first-order valence-electron chi connectivity index (χ1n) is 7.85. The number of carbonyl (C=O) groups excluding carboxylic acids is 1. The van der Waals surface area contributed by atoms with E-state index in [2.05, 4.69) is 11.4 Å². The Morgan fingerprint density at radius 3 is 2.65 bits per heavy atom. The van der Waals surface area contributed by atoms with Gasteiger partial charge in [-0.15, -0.1) is 11.3 Å². The summed E-state index contributed by atoms with van der Waals surface area (Å²) in [6.07, 6.45) is 3.12. The smallest absolute Gasteiger partial charge is 0.260 e. The van der Waals surface area contributed by atoms with E-state index >= 15 is 0 Å². The second kappa shape index (κ2) is 7.51. The lowest BCUT2D eigenvalue weighted by Gasteiger charge is -2.22. The molecule has 122 valence electrons. The first-order valence-corrected chi connectivity index (χ1v) is 8.73. The molecule has 1 fully saturated rings. The van der Waals surface area contributed by atoms with E-state index in [-0.39, 0.29) is 12.5 Å². The third kappa shape index (κ3) is 4.26. The van der Waals surface area contributed by atoms with Crippen LogP contribution >= 0.6 is 11.3 Å². The van der Waals surface area contributed by atoms with Gasteiger partial charge in [0.1, 0.15) is 0 Å². The van der Waals surface area contributed by atoms with Gasteiger partial charge in [-0.2, -0.15) is 0 Å². The lowest BCUT2D eigenvalue weighted by atomic mass is 10.3. The van der Waals surface area contributed by atoms with Crippen LogP contribution in [0.4, 0.5) is 0 Å². The fourth-order valence-corrected chi connectivity index (χ4v) is 3.24. The number of hydrogen-bond acceptors (Lipinski definition) is 4. The Kier molecular flexibility index (Phi) is 5.18. The Bertz CT molecular complexity index is 637. The van der Waals surface area contributed by atoms with Gasteiger partial charge in [-0.05, 0) is 42.8 Å². The zero-order valence-corrected chi connectivity index (χ0v) is 14.1. The predicted octanol–water partition coefficient (Wildman–Crippen LogP) is 3.37. The summed E-state index contributed by atoms with van der Waals surface area (Å²) in [6, 6.07) is 12.0. The minimum absolute atomic E-state index is 0.0509. The standard InChI is InChI=1S/C18H21NO3S/c1-21-16-6-2-3-7-17(16)22-13-18(20)19(14-8-9-14)11-10-15-5-4-12-23-15/h2-7,12,14H,8-11,13H2,1H3. The van der Waals surface area contributed by atoms with Crippen LogP contribution in [-0.2, 0) is 11.2 Å². The zero-order chi connectivity index (χ0) is 16.1. The van der Waals surface area contributed by atoms with Crippen molar-refractivity contribution in [2.75, 3.05) is 20.3 Å². The van der Waals surface area contributed by atoms with Crippen molar-refractivity contribution in [3.63, 3.8) is 0 Å². The third-order valence-electron chi connectivity index (χ3n) is 3.91. The molecule has 3 rings (SSSR count). The van der Waals surface area contributed by atoms with Gasteiger partial charge in [-0.25, -0.2) is 0 Å². The van der Waals surface area contributed by atoms with Crippen molar-refractivity contribution >= 4 is 17.2 Å². The number of para-hydroxylation sites is 2. The molecule has 1 saturated carbocycles. The Hall–Kier alpha value is -2.01. The number of thiophene rings is 1. The summed E-state index contributed by atoms with van der Waals surface area (Å²) in [5, 5.41) is 2.07. The van der Waals surface area contributed by atoms with Crippen LogP contribution in [0.15, 0.2) is 41.8 Å². The molecule has 23 heavy (non-hydrogen) atoms. The topological polar surface area (TPSA) is 38.8 Å². The van der Waals surface area contributed by atoms with Crippen LogP contribution in [0.1, 0.15) is 17.7 Å². The number of amides is 1. The second-order valence-corrected chi connectivity index (χ2v) is 6.62. The van der Waals surface area contributed by atoms with Crippen molar-refractivity contribution in [3.8, 4) is 11.5 Å². The monoisotopic (exact) mass is 331 g/mol. The molecule has 0 radical (unpaired) electrons. The Morgan fingerprint density at radius 2 is 2.00 bits per heavy atom. The summed E-state index contributed by atoms with van der Waals surface area (Å²) in [5.74, 6) is 1.31. The summed E-state index contributed by atoms with van der Waals surface area (Å²) < 4.78 is 10.9. The molecule has 1 aliphatic rings. The number of benzene rings is 1. The molecule has 0 bridgehead atoms. The van der Waals surface area contributed by atoms with Crippen molar-refractivity contribution in [1.82, 2.24) is 4.90 Å². The van der Waals surface area contributed by atoms with E-state index in [0.29, 0.717) is 17.5 Å². The minimum Gasteiger partial charge on any atom is -0.493 e. The van der Waals surface area contributed by atoms with Gasteiger partial charge < -0.3 is 14.4 Å². The molecule has 1 aromatic carbocycles. The molecule has 1 amide bonds. The van der Waals surface area contributed by atoms with E-state index < -0.39 is 0 Å². The molecule has 1 aliphatic carbocycles. The molecule has 0 saturated heterocycles. The van der Waals surface area contributed by atoms with E-state index in [1.54, 1.807) is 18.4 Å². The van der Waals surface area contributed by atoms with Crippen LogP contribution in [0, 0.1) is 0 Å². The first kappa shape index (κ1) is 15.9. The van der Waals surface area contributed by atoms with Gasteiger partial charge in [0.15, 0.2) is 18.1 Å². The molecule has 4 nitrogen and oxygen atoms in total. The van der Waals surface area contributed by atoms with Gasteiger partial charge in [0.05, 0.1) is 7.11 Å². The van der Waals surface area contributed by atoms with E-state index in [1.807, 2.05) is 35.2 Å². The molecule has 5 heteroatoms. The highest BCUT2D eigenvalue weighted by atomic mass is 32.1. The maximum absolute atomic E-state index is 12.5. The molecule has 0 spiro atoms. The lowest BCUT2D eigenvalue weighted by molar-refractivity contribution is -0.133. The second-order valence-electron chi connectivity index (χ2n) is 5.59. The van der Waals surface area contributed by atoms with E-state index in [4.69, 9.17) is 9.47 Å². The third-order valence-corrected chi connectivity index (χ3v) is 4.84. The van der Waals surface area contributed by atoms with Crippen LogP contribution < -0.4 is 9.47 Å². The van der Waals surface area contributed by atoms with Crippen molar-refractivity contribution in [2.24, 2.45) is 0 Å². The average molecular weight is 331 g/mol. The predicted molar refractivity (Wildman–Crippen MR) is 91.2 cm³/mol. The van der Waals surface area contributed by atoms with Gasteiger partial charge in [0, 0.05) is 17.5 Å². The van der Waals surface area contributed by atoms with Crippen LogP contribution in [0.3, 0.4) is 0 Å². The molecule has 0 atom stereocenters. The number of ether oxygens (including phenoxy) is 2. The molecule has 0 unspecified atom stereocenters. The van der Waals surface area contributed by atoms with Gasteiger partial charge in [-0.1, -0.05) is 18.2 Å². The molecule has 0 N–H and O–H groups in total. The number of carbonyl (C=O) groups is 1. The molecule has 1 aromatic heterocycles. The molecule has 1 heterocycles. The molecule has 2 aromatic rings. The van der Waals surface area contributed by atoms with Gasteiger partial charge in [-0.3, -0.25) is 4.79 Å². The van der Waals surface area contributed by atoms with Gasteiger partial charge in [0.2, 0.25) is 0 Å². The number of nitrogens with zero attached hydrogens (tertiary/aromatic N) is 1. The van der Waals surface area contributed by atoms with E-state index in [1.165, 1.54) is 4.88 Å². The average Bonchev–Trinajstić information content (AvgIpc) is 3.28. The maximum Gasteiger partial charge on any atom is 0.260 e. The highest BCUT2D eigenvalue weighted by Crippen LogP contribution is 2.29. The van der Waals surface area contributed by atoms with E-state index in [0.717, 1.165) is 25.8 Å². The molecule has 0 aliphatic heterocycles. The summed E-state index contributed by atoms with van der Waals surface area (Å²) in [5.41, 5.74) is 0. The minimum atomic E-state index is 0.0509. The van der Waals surface area contributed by atoms with E-state index in [9.17, 15) is 4.79 Å². The molecular formula is C18H21NO3S. The fourth-order valence-electron chi connectivity index (χ4n) is 2.54. The van der Waals surface area contributed by atoms with Gasteiger partial charge in [0.25, 0.3) is 5.91 Å². The van der Waals surface area contributed by atoms with Crippen LogP contribution in [0.25, 0.3) is 0 Å². The van der Waals surface area contributed by atoms with Crippen molar-refractivity contribution in [3.05, 3.63) is 46.7 Å². The summed E-state index contributed by atoms with van der Waals surface area (Å²) in [7, 11) is 1.60. The van der Waals surface area contributed by atoms with Crippen molar-refractivity contribution in [1.29, 1.82) is 0 Å². The summed E-state index contributed by atoms with van der Waals surface area (Å²) >= 11 is 1.74. The zero-order valence-electron chi connectivity index (χ0n) is 13.2. The van der Waals surface area contributed by atoms with Crippen LogP contribution in [0.5, 0.6) is 11.5 Å². The number of rotatable bonds is 8. The van der Waals surface area contributed by atoms with Crippen molar-refractivity contribution in [2.45, 2.75) is 25.3 Å². The normalized spacial score (nSPS) is 13.6. The van der Waals surface area contributed by atoms with Crippen LogP contribution in [0.2, 0.25) is 0 Å². The fraction of sp³-hybridized carbons (Fsp3) is 0.389. The first-order chi connectivity index (χ1) is 11.3. The highest BCUT2D eigenvalue weighted by molar-refractivity contribution is 7.09. The largest absolute Gasteiger partial charge is 0.493 e. The lowest BCUT2D eigenvalue weighted by Crippen LogP contribution is -2.38. The Labute approximate surface area is 140 Å². The Morgan fingerprint density at radius 1 is 1.22 bits per heavy atom. The summed E-state index contributed by atoms with van der Waals surface area (Å²) in [6.45, 7) is 0.820. The van der Waals surface area contributed by atoms with Crippen LogP contribution in [-0.4, -0.2) is 37.1 Å². The summed E-state index contributed by atoms with van der Waals surface area (Å²) in [4.78, 5) is 15.8. The SMILES string of the molecule is COc1ccccc1OCC(=O)N(CCc1cccs1)C1CC1. The van der Waals surface area contributed by atoms with Gasteiger partial charge >= 0.3 is 0 Å². The number of hydrogen-bond donors (Lipinski definition) is 0.